The number of hydrogen-bond acceptors (Lipinski definition) is 5. The van der Waals surface area contributed by atoms with Crippen molar-refractivity contribution in [2.45, 2.75) is 13.8 Å². The first-order valence-corrected chi connectivity index (χ1v) is 4.92. The summed E-state index contributed by atoms with van der Waals surface area (Å²) >= 11 is 0. The molecule has 0 radical (unpaired) electrons. The van der Waals surface area contributed by atoms with Crippen LogP contribution in [0.2, 0.25) is 0 Å². The Hall–Kier alpha value is -1.69. The molecular formula is C10H14N2O4. The van der Waals surface area contributed by atoms with Crippen LogP contribution < -0.4 is 4.74 Å². The molecule has 1 rings (SSSR count). The molecule has 0 saturated carbocycles. The molecule has 0 saturated heterocycles. The first-order chi connectivity index (χ1) is 7.65. The van der Waals surface area contributed by atoms with E-state index >= 15 is 0 Å². The summed E-state index contributed by atoms with van der Waals surface area (Å²) < 4.78 is 10.3. The lowest BCUT2D eigenvalue weighted by Gasteiger charge is -2.05. The zero-order chi connectivity index (χ0) is 12.0. The molecule has 0 aliphatic carbocycles. The molecule has 0 amide bonds. The molecule has 0 aliphatic rings. The van der Waals surface area contributed by atoms with Gasteiger partial charge in [0.2, 0.25) is 0 Å². The van der Waals surface area contributed by atoms with Gasteiger partial charge in [-0.2, -0.15) is 4.98 Å². The summed E-state index contributed by atoms with van der Waals surface area (Å²) in [6.07, 6.45) is 1.24. The summed E-state index contributed by atoms with van der Waals surface area (Å²) in [4.78, 5) is 18.4. The van der Waals surface area contributed by atoms with Crippen molar-refractivity contribution >= 4 is 5.97 Å². The molecule has 1 aromatic heterocycles. The van der Waals surface area contributed by atoms with Gasteiger partial charge >= 0.3 is 12.0 Å². The fourth-order valence-corrected chi connectivity index (χ4v) is 1.06. The van der Waals surface area contributed by atoms with Crippen LogP contribution in [0.3, 0.4) is 0 Å². The number of hydrogen-bond donors (Lipinski definition) is 1. The topological polar surface area (TPSA) is 81.5 Å². The first kappa shape index (κ1) is 12.4. The monoisotopic (exact) mass is 226 g/mol. The number of carboxylic acids is 1. The van der Waals surface area contributed by atoms with Crippen LogP contribution >= 0.6 is 0 Å². The molecule has 0 fully saturated rings. The minimum absolute atomic E-state index is 0.0807. The summed E-state index contributed by atoms with van der Waals surface area (Å²) in [6, 6.07) is 0.169. The van der Waals surface area contributed by atoms with Crippen molar-refractivity contribution in [1.82, 2.24) is 9.97 Å². The van der Waals surface area contributed by atoms with E-state index < -0.39 is 5.97 Å². The molecule has 6 nitrogen and oxygen atoms in total. The van der Waals surface area contributed by atoms with Crippen molar-refractivity contribution < 1.29 is 19.4 Å². The predicted molar refractivity (Wildman–Crippen MR) is 55.7 cm³/mol. The summed E-state index contributed by atoms with van der Waals surface area (Å²) in [5.41, 5.74) is 0.464. The molecule has 1 heterocycles. The maximum absolute atomic E-state index is 10.7. The van der Waals surface area contributed by atoms with E-state index in [2.05, 4.69) is 9.97 Å². The van der Waals surface area contributed by atoms with Crippen LogP contribution in [0.4, 0.5) is 0 Å². The van der Waals surface area contributed by atoms with Gasteiger partial charge in [0, 0.05) is 12.8 Å². The third-order valence-corrected chi connectivity index (χ3v) is 1.85. The molecule has 88 valence electrons. The molecule has 0 unspecified atom stereocenters. The lowest BCUT2D eigenvalue weighted by Crippen LogP contribution is -2.10. The maximum Gasteiger partial charge on any atom is 0.339 e. The number of aryl methyl sites for hydroxylation is 1. The van der Waals surface area contributed by atoms with E-state index in [9.17, 15) is 4.79 Å². The van der Waals surface area contributed by atoms with Crippen molar-refractivity contribution in [2.75, 3.05) is 19.8 Å². The highest BCUT2D eigenvalue weighted by atomic mass is 16.5. The van der Waals surface area contributed by atoms with Crippen molar-refractivity contribution in [3.63, 3.8) is 0 Å². The number of carbonyl (C=O) groups is 1. The van der Waals surface area contributed by atoms with Crippen LogP contribution in [0, 0.1) is 6.92 Å². The average molecular weight is 226 g/mol. The fraction of sp³-hybridized carbons (Fsp3) is 0.500. The minimum Gasteiger partial charge on any atom is -0.478 e. The van der Waals surface area contributed by atoms with Crippen molar-refractivity contribution in [2.24, 2.45) is 0 Å². The van der Waals surface area contributed by atoms with E-state index in [0.29, 0.717) is 25.5 Å². The van der Waals surface area contributed by atoms with Gasteiger partial charge in [-0.3, -0.25) is 0 Å². The maximum atomic E-state index is 10.7. The van der Waals surface area contributed by atoms with Crippen molar-refractivity contribution in [3.8, 4) is 6.01 Å². The number of nitrogens with zero attached hydrogens (tertiary/aromatic N) is 2. The Labute approximate surface area is 93.2 Å². The molecule has 6 heteroatoms. The number of rotatable bonds is 6. The van der Waals surface area contributed by atoms with Gasteiger partial charge in [0.25, 0.3) is 0 Å². The lowest BCUT2D eigenvalue weighted by atomic mass is 10.2. The second-order valence-electron chi connectivity index (χ2n) is 3.00. The van der Waals surface area contributed by atoms with Crippen LogP contribution in [-0.4, -0.2) is 40.9 Å². The van der Waals surface area contributed by atoms with Gasteiger partial charge in [0.1, 0.15) is 6.61 Å². The number of carboxylic acid groups (broad SMARTS) is 1. The predicted octanol–water partition coefficient (Wildman–Crippen LogP) is 0.899. The van der Waals surface area contributed by atoms with Crippen molar-refractivity contribution in [3.05, 3.63) is 17.5 Å². The highest BCUT2D eigenvalue weighted by Gasteiger charge is 2.10. The summed E-state index contributed by atoms with van der Waals surface area (Å²) in [7, 11) is 0. The van der Waals surface area contributed by atoms with Gasteiger partial charge in [0.05, 0.1) is 17.9 Å². The Bertz CT molecular complexity index is 368. The third-order valence-electron chi connectivity index (χ3n) is 1.85. The largest absolute Gasteiger partial charge is 0.478 e. The Morgan fingerprint density at radius 3 is 2.81 bits per heavy atom. The standard InChI is InChI=1S/C10H14N2O4/c1-3-15-4-5-16-10-11-6-8(9(13)14)7(2)12-10/h6H,3-5H2,1-2H3,(H,13,14). The molecule has 0 atom stereocenters. The van der Waals surface area contributed by atoms with E-state index in [4.69, 9.17) is 14.6 Å². The van der Waals surface area contributed by atoms with Crippen molar-refractivity contribution in [1.29, 1.82) is 0 Å². The van der Waals surface area contributed by atoms with Gasteiger partial charge < -0.3 is 14.6 Å². The van der Waals surface area contributed by atoms with Crippen LogP contribution in [0.25, 0.3) is 0 Å². The Kier molecular flexibility index (Phi) is 4.65. The van der Waals surface area contributed by atoms with Crippen LogP contribution in [0.15, 0.2) is 6.20 Å². The zero-order valence-corrected chi connectivity index (χ0v) is 9.27. The molecule has 16 heavy (non-hydrogen) atoms. The van der Waals surface area contributed by atoms with Crippen LogP contribution in [0.1, 0.15) is 23.0 Å². The van der Waals surface area contributed by atoms with Gasteiger partial charge in [-0.05, 0) is 13.8 Å². The molecule has 0 bridgehead atoms. The smallest absolute Gasteiger partial charge is 0.339 e. The van der Waals surface area contributed by atoms with Gasteiger partial charge in [-0.15, -0.1) is 0 Å². The Balaban J connectivity index is 2.56. The number of ether oxygens (including phenoxy) is 2. The first-order valence-electron chi connectivity index (χ1n) is 4.92. The summed E-state index contributed by atoms with van der Waals surface area (Å²) in [5.74, 6) is -1.04. The van der Waals surface area contributed by atoms with E-state index in [0.717, 1.165) is 0 Å². The lowest BCUT2D eigenvalue weighted by molar-refractivity contribution is 0.0694. The SMILES string of the molecule is CCOCCOc1ncc(C(=O)O)c(C)n1. The van der Waals surface area contributed by atoms with Gasteiger partial charge in [0.15, 0.2) is 0 Å². The molecular weight excluding hydrogens is 212 g/mol. The quantitative estimate of drug-likeness (QED) is 0.726. The molecule has 0 spiro atoms. The molecule has 1 N–H and O–H groups in total. The average Bonchev–Trinajstić information content (AvgIpc) is 2.24. The Morgan fingerprint density at radius 1 is 1.50 bits per heavy atom. The molecule has 1 aromatic rings. The second-order valence-corrected chi connectivity index (χ2v) is 3.00. The van der Waals surface area contributed by atoms with Crippen LogP contribution in [-0.2, 0) is 4.74 Å². The van der Waals surface area contributed by atoms with E-state index in [1.165, 1.54) is 6.20 Å². The second kappa shape index (κ2) is 6.02. The highest BCUT2D eigenvalue weighted by Crippen LogP contribution is 2.08. The van der Waals surface area contributed by atoms with E-state index in [1.807, 2.05) is 6.92 Å². The Morgan fingerprint density at radius 2 is 2.25 bits per heavy atom. The zero-order valence-electron chi connectivity index (χ0n) is 9.27. The third kappa shape index (κ3) is 3.47. The normalized spacial score (nSPS) is 10.1. The number of aromatic carboxylic acids is 1. The molecule has 0 aromatic carbocycles. The van der Waals surface area contributed by atoms with Gasteiger partial charge in [-0.1, -0.05) is 0 Å². The van der Waals surface area contributed by atoms with Crippen LogP contribution in [0.5, 0.6) is 6.01 Å². The highest BCUT2D eigenvalue weighted by molar-refractivity contribution is 5.88. The van der Waals surface area contributed by atoms with E-state index in [-0.39, 0.29) is 11.6 Å². The summed E-state index contributed by atoms with van der Waals surface area (Å²) in [6.45, 7) is 4.92. The fourth-order valence-electron chi connectivity index (χ4n) is 1.06. The van der Waals surface area contributed by atoms with E-state index in [1.54, 1.807) is 6.92 Å². The summed E-state index contributed by atoms with van der Waals surface area (Å²) in [5, 5.41) is 8.76. The minimum atomic E-state index is -1.04. The van der Waals surface area contributed by atoms with Gasteiger partial charge in [-0.25, -0.2) is 9.78 Å². The molecule has 0 aliphatic heterocycles. The number of aromatic nitrogens is 2.